The molecule has 94 valence electrons. The lowest BCUT2D eigenvalue weighted by atomic mass is 9.91. The van der Waals surface area contributed by atoms with Crippen molar-refractivity contribution < 1.29 is 4.79 Å². The second-order valence-corrected chi connectivity index (χ2v) is 5.02. The number of carbonyl (C=O) groups is 1. The lowest BCUT2D eigenvalue weighted by molar-refractivity contribution is -0.123. The van der Waals surface area contributed by atoms with Crippen LogP contribution in [0.15, 0.2) is 0 Å². The fourth-order valence-electron chi connectivity index (χ4n) is 2.33. The highest BCUT2D eigenvalue weighted by Crippen LogP contribution is 2.22. The molecule has 0 radical (unpaired) electrons. The molecule has 0 spiro atoms. The normalized spacial score (nSPS) is 17.4. The first-order valence-electron chi connectivity index (χ1n) is 6.01. The summed E-state index contributed by atoms with van der Waals surface area (Å²) in [6.07, 6.45) is 2.28. The van der Waals surface area contributed by atoms with Gasteiger partial charge < -0.3 is 5.32 Å². The van der Waals surface area contributed by atoms with Gasteiger partial charge in [-0.25, -0.2) is 0 Å². The molecule has 2 rings (SSSR count). The van der Waals surface area contributed by atoms with Crippen LogP contribution in [0.2, 0.25) is 5.02 Å². The van der Waals surface area contributed by atoms with Crippen molar-refractivity contribution in [2.45, 2.75) is 26.2 Å². The summed E-state index contributed by atoms with van der Waals surface area (Å²) in [5, 5.41) is 8.13. The van der Waals surface area contributed by atoms with Crippen LogP contribution in [0.5, 0.6) is 0 Å². The number of piperidine rings is 1. The molecule has 1 aromatic rings. The molecule has 0 bridgehead atoms. The molecular formula is C12H18ClN3O. The lowest BCUT2D eigenvalue weighted by Crippen LogP contribution is -2.32. The van der Waals surface area contributed by atoms with E-state index in [0.717, 1.165) is 37.3 Å². The van der Waals surface area contributed by atoms with Gasteiger partial charge in [0, 0.05) is 13.0 Å². The van der Waals surface area contributed by atoms with E-state index in [0.29, 0.717) is 11.4 Å². The van der Waals surface area contributed by atoms with Crippen LogP contribution in [0.1, 0.15) is 24.2 Å². The quantitative estimate of drug-likeness (QED) is 0.890. The highest BCUT2D eigenvalue weighted by Gasteiger charge is 2.23. The van der Waals surface area contributed by atoms with E-state index in [1.165, 1.54) is 0 Å². The molecule has 1 aliphatic rings. The number of nitrogens with one attached hydrogen (secondary N) is 1. The molecule has 0 amide bonds. The second kappa shape index (κ2) is 5.19. The SMILES string of the molecule is Cc1nn(C)c(CC(=O)C2CCNCC2)c1Cl. The number of nitrogens with zero attached hydrogens (tertiary/aromatic N) is 2. The predicted molar refractivity (Wildman–Crippen MR) is 67.3 cm³/mol. The number of aromatic nitrogens is 2. The maximum atomic E-state index is 12.2. The summed E-state index contributed by atoms with van der Waals surface area (Å²) >= 11 is 6.15. The van der Waals surface area contributed by atoms with Gasteiger partial charge in [0.15, 0.2) is 0 Å². The number of hydrogen-bond donors (Lipinski definition) is 1. The number of hydrogen-bond acceptors (Lipinski definition) is 3. The average molecular weight is 256 g/mol. The molecule has 5 heteroatoms. The molecule has 0 atom stereocenters. The minimum atomic E-state index is 0.183. The van der Waals surface area contributed by atoms with Crippen LogP contribution < -0.4 is 5.32 Å². The summed E-state index contributed by atoms with van der Waals surface area (Å²) in [6.45, 7) is 3.74. The van der Waals surface area contributed by atoms with Crippen LogP contribution in [0, 0.1) is 12.8 Å². The minimum absolute atomic E-state index is 0.183. The third kappa shape index (κ3) is 2.69. The third-order valence-corrected chi connectivity index (χ3v) is 3.89. The summed E-state index contributed by atoms with van der Waals surface area (Å²) in [5.41, 5.74) is 1.63. The molecule has 1 N–H and O–H groups in total. The van der Waals surface area contributed by atoms with Crippen LogP contribution in [0.25, 0.3) is 0 Å². The van der Waals surface area contributed by atoms with Crippen molar-refractivity contribution in [3.8, 4) is 0 Å². The van der Waals surface area contributed by atoms with E-state index in [1.807, 2.05) is 14.0 Å². The summed E-state index contributed by atoms with van der Waals surface area (Å²) in [7, 11) is 1.84. The number of aryl methyl sites for hydroxylation is 2. The summed E-state index contributed by atoms with van der Waals surface area (Å²) in [5.74, 6) is 0.471. The van der Waals surface area contributed by atoms with Crippen LogP contribution in [-0.4, -0.2) is 28.7 Å². The minimum Gasteiger partial charge on any atom is -0.317 e. The zero-order valence-corrected chi connectivity index (χ0v) is 11.0. The summed E-state index contributed by atoms with van der Waals surface area (Å²) in [6, 6.07) is 0. The van der Waals surface area contributed by atoms with Gasteiger partial charge in [-0.05, 0) is 32.9 Å². The van der Waals surface area contributed by atoms with Crippen LogP contribution >= 0.6 is 11.6 Å². The van der Waals surface area contributed by atoms with Gasteiger partial charge in [-0.2, -0.15) is 5.10 Å². The summed E-state index contributed by atoms with van der Waals surface area (Å²) < 4.78 is 1.72. The van der Waals surface area contributed by atoms with Gasteiger partial charge in [-0.15, -0.1) is 0 Å². The van der Waals surface area contributed by atoms with Crippen LogP contribution in [-0.2, 0) is 18.3 Å². The van der Waals surface area contributed by atoms with Crippen molar-refractivity contribution in [1.29, 1.82) is 0 Å². The second-order valence-electron chi connectivity index (χ2n) is 4.64. The monoisotopic (exact) mass is 255 g/mol. The van der Waals surface area contributed by atoms with E-state index in [4.69, 9.17) is 11.6 Å². The maximum absolute atomic E-state index is 12.2. The van der Waals surface area contributed by atoms with Crippen molar-refractivity contribution >= 4 is 17.4 Å². The van der Waals surface area contributed by atoms with Crippen molar-refractivity contribution in [2.75, 3.05) is 13.1 Å². The Bertz CT molecular complexity index is 422. The predicted octanol–water partition coefficient (Wildman–Crippen LogP) is 1.49. The van der Waals surface area contributed by atoms with Crippen molar-refractivity contribution in [2.24, 2.45) is 13.0 Å². The average Bonchev–Trinajstić information content (AvgIpc) is 2.57. The van der Waals surface area contributed by atoms with Crippen molar-refractivity contribution in [1.82, 2.24) is 15.1 Å². The molecule has 1 aliphatic heterocycles. The van der Waals surface area contributed by atoms with E-state index in [9.17, 15) is 4.79 Å². The Labute approximate surface area is 106 Å². The zero-order chi connectivity index (χ0) is 12.4. The Morgan fingerprint density at radius 1 is 1.53 bits per heavy atom. The van der Waals surface area contributed by atoms with Gasteiger partial charge in [0.1, 0.15) is 5.78 Å². The number of rotatable bonds is 3. The van der Waals surface area contributed by atoms with Gasteiger partial charge in [0.2, 0.25) is 0 Å². The van der Waals surface area contributed by atoms with Crippen LogP contribution in [0.3, 0.4) is 0 Å². The molecule has 17 heavy (non-hydrogen) atoms. The molecule has 0 saturated carbocycles. The van der Waals surface area contributed by atoms with E-state index in [2.05, 4.69) is 10.4 Å². The molecule has 4 nitrogen and oxygen atoms in total. The van der Waals surface area contributed by atoms with Crippen molar-refractivity contribution in [3.05, 3.63) is 16.4 Å². The zero-order valence-electron chi connectivity index (χ0n) is 10.3. The topological polar surface area (TPSA) is 46.9 Å². The molecule has 0 unspecified atom stereocenters. The molecular weight excluding hydrogens is 238 g/mol. The third-order valence-electron chi connectivity index (χ3n) is 3.40. The smallest absolute Gasteiger partial charge is 0.142 e. The number of carbonyl (C=O) groups excluding carboxylic acids is 1. The van der Waals surface area contributed by atoms with E-state index in [-0.39, 0.29) is 11.7 Å². The number of Topliss-reactive ketones (excluding diaryl/α,β-unsaturated/α-hetero) is 1. The van der Waals surface area contributed by atoms with E-state index >= 15 is 0 Å². The highest BCUT2D eigenvalue weighted by molar-refractivity contribution is 6.32. The molecule has 1 fully saturated rings. The van der Waals surface area contributed by atoms with Gasteiger partial charge in [-0.3, -0.25) is 9.48 Å². The number of halogens is 1. The fourth-order valence-corrected chi connectivity index (χ4v) is 2.55. The van der Waals surface area contributed by atoms with Gasteiger partial charge in [0.05, 0.1) is 22.8 Å². The first kappa shape index (κ1) is 12.6. The van der Waals surface area contributed by atoms with Gasteiger partial charge >= 0.3 is 0 Å². The van der Waals surface area contributed by atoms with Crippen LogP contribution in [0.4, 0.5) is 0 Å². The Hall–Kier alpha value is -0.870. The summed E-state index contributed by atoms with van der Waals surface area (Å²) in [4.78, 5) is 12.2. The largest absolute Gasteiger partial charge is 0.317 e. The Morgan fingerprint density at radius 2 is 2.18 bits per heavy atom. The van der Waals surface area contributed by atoms with Crippen molar-refractivity contribution in [3.63, 3.8) is 0 Å². The van der Waals surface area contributed by atoms with Gasteiger partial charge in [0.25, 0.3) is 0 Å². The standard InChI is InChI=1S/C12H18ClN3O/c1-8-12(13)10(16(2)15-8)7-11(17)9-3-5-14-6-4-9/h9,14H,3-7H2,1-2H3. The fraction of sp³-hybridized carbons (Fsp3) is 0.667. The molecule has 1 saturated heterocycles. The van der Waals surface area contributed by atoms with E-state index < -0.39 is 0 Å². The maximum Gasteiger partial charge on any atom is 0.142 e. The first-order chi connectivity index (χ1) is 8.09. The Morgan fingerprint density at radius 3 is 2.71 bits per heavy atom. The molecule has 0 aliphatic carbocycles. The Kier molecular flexibility index (Phi) is 3.84. The number of ketones is 1. The molecule has 1 aromatic heterocycles. The first-order valence-corrected chi connectivity index (χ1v) is 6.38. The van der Waals surface area contributed by atoms with E-state index in [1.54, 1.807) is 4.68 Å². The Balaban J connectivity index is 2.07. The van der Waals surface area contributed by atoms with Gasteiger partial charge in [-0.1, -0.05) is 11.6 Å². The molecule has 0 aromatic carbocycles. The lowest BCUT2D eigenvalue weighted by Gasteiger charge is -2.21. The molecule has 2 heterocycles. The highest BCUT2D eigenvalue weighted by atomic mass is 35.5.